The number of amides is 1. The molecule has 0 aromatic heterocycles. The zero-order valence-corrected chi connectivity index (χ0v) is 11.1. The van der Waals surface area contributed by atoms with Crippen LogP contribution in [0, 0.1) is 0 Å². The summed E-state index contributed by atoms with van der Waals surface area (Å²) in [5.74, 6) is -0.0622. The lowest BCUT2D eigenvalue weighted by Gasteiger charge is -2.29. The van der Waals surface area contributed by atoms with Crippen molar-refractivity contribution in [1.82, 2.24) is 5.32 Å². The molecule has 3 nitrogen and oxygen atoms in total. The average molecular weight is 267 g/mol. The summed E-state index contributed by atoms with van der Waals surface area (Å²) in [5.41, 5.74) is 3.18. The van der Waals surface area contributed by atoms with Crippen LogP contribution in [-0.4, -0.2) is 17.6 Å². The van der Waals surface area contributed by atoms with Gasteiger partial charge in [-0.05, 0) is 23.1 Å². The fraction of sp³-hybridized carbons (Fsp3) is 0.235. The van der Waals surface area contributed by atoms with Gasteiger partial charge in [0, 0.05) is 6.54 Å². The highest BCUT2D eigenvalue weighted by Crippen LogP contribution is 2.34. The van der Waals surface area contributed by atoms with Gasteiger partial charge in [0.2, 0.25) is 5.91 Å². The number of aliphatic hydroxyl groups is 1. The molecule has 2 aromatic rings. The van der Waals surface area contributed by atoms with Crippen molar-refractivity contribution in [3.8, 4) is 0 Å². The molecule has 1 aliphatic rings. The van der Waals surface area contributed by atoms with E-state index in [-0.39, 0.29) is 18.4 Å². The Balaban J connectivity index is 1.56. The van der Waals surface area contributed by atoms with Crippen LogP contribution in [0.4, 0.5) is 0 Å². The van der Waals surface area contributed by atoms with Crippen LogP contribution in [0.25, 0.3) is 0 Å². The minimum atomic E-state index is -0.657. The number of fused-ring (bicyclic) bond motifs is 1. The van der Waals surface area contributed by atoms with Gasteiger partial charge in [0.25, 0.3) is 0 Å². The standard InChI is InChI=1S/C17H17NO2/c19-16(12-6-2-1-3-7-12)11-18-17(20)15-10-13-8-4-5-9-14(13)15/h1-9,15-16,19H,10-11H2,(H,18,20). The van der Waals surface area contributed by atoms with Crippen molar-refractivity contribution < 1.29 is 9.90 Å². The van der Waals surface area contributed by atoms with Crippen LogP contribution >= 0.6 is 0 Å². The number of aliphatic hydroxyl groups excluding tert-OH is 1. The second-order valence-corrected chi connectivity index (χ2v) is 5.13. The minimum Gasteiger partial charge on any atom is -0.387 e. The number of hydrogen-bond acceptors (Lipinski definition) is 2. The maximum Gasteiger partial charge on any atom is 0.227 e. The molecular formula is C17H17NO2. The fourth-order valence-electron chi connectivity index (χ4n) is 2.61. The molecule has 2 atom stereocenters. The van der Waals surface area contributed by atoms with Crippen molar-refractivity contribution in [3.63, 3.8) is 0 Å². The van der Waals surface area contributed by atoms with E-state index in [1.807, 2.05) is 48.5 Å². The van der Waals surface area contributed by atoms with Crippen LogP contribution in [0.5, 0.6) is 0 Å². The van der Waals surface area contributed by atoms with Crippen LogP contribution < -0.4 is 5.32 Å². The van der Waals surface area contributed by atoms with E-state index in [1.54, 1.807) is 0 Å². The van der Waals surface area contributed by atoms with E-state index < -0.39 is 6.10 Å². The number of carbonyl (C=O) groups excluding carboxylic acids is 1. The Bertz CT molecular complexity index is 609. The Morgan fingerprint density at radius 1 is 1.15 bits per heavy atom. The molecule has 0 radical (unpaired) electrons. The number of benzene rings is 2. The molecule has 1 aliphatic carbocycles. The molecule has 20 heavy (non-hydrogen) atoms. The third-order valence-corrected chi connectivity index (χ3v) is 3.83. The zero-order chi connectivity index (χ0) is 13.9. The second kappa shape index (κ2) is 5.47. The summed E-state index contributed by atoms with van der Waals surface area (Å²) in [6.07, 6.45) is 0.138. The summed E-state index contributed by atoms with van der Waals surface area (Å²) in [4.78, 5) is 12.1. The zero-order valence-electron chi connectivity index (χ0n) is 11.1. The highest BCUT2D eigenvalue weighted by Gasteiger charge is 2.31. The van der Waals surface area contributed by atoms with Crippen molar-refractivity contribution in [3.05, 3.63) is 71.3 Å². The van der Waals surface area contributed by atoms with Gasteiger partial charge in [-0.15, -0.1) is 0 Å². The molecule has 102 valence electrons. The summed E-state index contributed by atoms with van der Waals surface area (Å²) in [5, 5.41) is 12.9. The van der Waals surface area contributed by atoms with E-state index in [9.17, 15) is 9.90 Å². The van der Waals surface area contributed by atoms with Crippen molar-refractivity contribution in [1.29, 1.82) is 0 Å². The smallest absolute Gasteiger partial charge is 0.227 e. The molecule has 0 spiro atoms. The highest BCUT2D eigenvalue weighted by molar-refractivity contribution is 5.86. The molecular weight excluding hydrogens is 250 g/mol. The predicted octanol–water partition coefficient (Wildman–Crippen LogP) is 2.18. The van der Waals surface area contributed by atoms with Crippen molar-refractivity contribution in [2.45, 2.75) is 18.4 Å². The van der Waals surface area contributed by atoms with Gasteiger partial charge in [0.1, 0.15) is 0 Å². The molecule has 2 unspecified atom stereocenters. The second-order valence-electron chi connectivity index (χ2n) is 5.13. The number of nitrogens with one attached hydrogen (secondary N) is 1. The number of hydrogen-bond donors (Lipinski definition) is 2. The fourth-order valence-corrected chi connectivity index (χ4v) is 2.61. The largest absolute Gasteiger partial charge is 0.387 e. The molecule has 1 amide bonds. The molecule has 0 saturated heterocycles. The molecule has 0 fully saturated rings. The van der Waals surface area contributed by atoms with Crippen LogP contribution in [0.15, 0.2) is 54.6 Å². The number of rotatable bonds is 4. The summed E-state index contributed by atoms with van der Waals surface area (Å²) >= 11 is 0. The van der Waals surface area contributed by atoms with Gasteiger partial charge in [-0.25, -0.2) is 0 Å². The van der Waals surface area contributed by atoms with E-state index in [0.29, 0.717) is 0 Å². The lowest BCUT2D eigenvalue weighted by atomic mass is 9.77. The molecule has 0 bridgehead atoms. The molecule has 0 saturated carbocycles. The maximum absolute atomic E-state index is 12.1. The van der Waals surface area contributed by atoms with E-state index in [4.69, 9.17) is 0 Å². The first-order valence-corrected chi connectivity index (χ1v) is 6.84. The lowest BCUT2D eigenvalue weighted by molar-refractivity contribution is -0.123. The Morgan fingerprint density at radius 2 is 1.85 bits per heavy atom. The first-order valence-electron chi connectivity index (χ1n) is 6.84. The Kier molecular flexibility index (Phi) is 3.52. The van der Waals surface area contributed by atoms with E-state index in [1.165, 1.54) is 5.56 Å². The van der Waals surface area contributed by atoms with Gasteiger partial charge in [0.15, 0.2) is 0 Å². The first kappa shape index (κ1) is 12.9. The summed E-state index contributed by atoms with van der Waals surface area (Å²) < 4.78 is 0. The van der Waals surface area contributed by atoms with E-state index >= 15 is 0 Å². The summed E-state index contributed by atoms with van der Waals surface area (Å²) in [7, 11) is 0. The van der Waals surface area contributed by atoms with Crippen molar-refractivity contribution in [2.24, 2.45) is 0 Å². The van der Waals surface area contributed by atoms with Crippen LogP contribution in [0.3, 0.4) is 0 Å². The van der Waals surface area contributed by atoms with Gasteiger partial charge in [0.05, 0.1) is 12.0 Å². The monoisotopic (exact) mass is 267 g/mol. The average Bonchev–Trinajstić information content (AvgIpc) is 2.47. The van der Waals surface area contributed by atoms with E-state index in [0.717, 1.165) is 17.5 Å². The topological polar surface area (TPSA) is 49.3 Å². The normalized spacial score (nSPS) is 17.8. The Morgan fingerprint density at radius 3 is 2.60 bits per heavy atom. The SMILES string of the molecule is O=C(NCC(O)c1ccccc1)C1Cc2ccccc21. The highest BCUT2D eigenvalue weighted by atomic mass is 16.3. The lowest BCUT2D eigenvalue weighted by Crippen LogP contribution is -2.37. The molecule has 2 aromatic carbocycles. The van der Waals surface area contributed by atoms with Gasteiger partial charge in [-0.2, -0.15) is 0 Å². The third kappa shape index (κ3) is 2.45. The molecule has 3 rings (SSSR count). The Hall–Kier alpha value is -2.13. The van der Waals surface area contributed by atoms with Gasteiger partial charge < -0.3 is 10.4 Å². The molecule has 2 N–H and O–H groups in total. The van der Waals surface area contributed by atoms with Crippen LogP contribution in [0.1, 0.15) is 28.7 Å². The maximum atomic E-state index is 12.1. The predicted molar refractivity (Wildman–Crippen MR) is 77.3 cm³/mol. The van der Waals surface area contributed by atoms with Crippen LogP contribution in [0.2, 0.25) is 0 Å². The first-order chi connectivity index (χ1) is 9.75. The van der Waals surface area contributed by atoms with Crippen LogP contribution in [-0.2, 0) is 11.2 Å². The summed E-state index contributed by atoms with van der Waals surface area (Å²) in [6, 6.07) is 17.4. The summed E-state index contributed by atoms with van der Waals surface area (Å²) in [6.45, 7) is 0.252. The van der Waals surface area contributed by atoms with Crippen molar-refractivity contribution in [2.75, 3.05) is 6.54 Å². The van der Waals surface area contributed by atoms with Gasteiger partial charge in [-0.1, -0.05) is 54.6 Å². The van der Waals surface area contributed by atoms with Gasteiger partial charge >= 0.3 is 0 Å². The number of carbonyl (C=O) groups is 1. The third-order valence-electron chi connectivity index (χ3n) is 3.83. The molecule has 0 heterocycles. The molecule has 3 heteroatoms. The van der Waals surface area contributed by atoms with Crippen molar-refractivity contribution >= 4 is 5.91 Å². The quantitative estimate of drug-likeness (QED) is 0.892. The Labute approximate surface area is 118 Å². The van der Waals surface area contributed by atoms with E-state index in [2.05, 4.69) is 11.4 Å². The minimum absolute atomic E-state index is 0.00122. The van der Waals surface area contributed by atoms with Gasteiger partial charge in [-0.3, -0.25) is 4.79 Å². The molecule has 0 aliphatic heterocycles.